The second kappa shape index (κ2) is 4.73. The maximum absolute atomic E-state index is 10.3. The van der Waals surface area contributed by atoms with E-state index in [1.54, 1.807) is 7.11 Å². The van der Waals surface area contributed by atoms with Crippen molar-refractivity contribution in [3.05, 3.63) is 28.2 Å². The Bertz CT molecular complexity index is 375. The molecule has 1 atom stereocenters. The molecule has 0 spiro atoms. The van der Waals surface area contributed by atoms with Crippen LogP contribution >= 0.6 is 15.9 Å². The molecule has 1 saturated heterocycles. The monoisotopic (exact) mass is 285 g/mol. The molecule has 1 unspecified atom stereocenters. The lowest BCUT2D eigenvalue weighted by Crippen LogP contribution is -2.33. The van der Waals surface area contributed by atoms with Crippen LogP contribution in [0.1, 0.15) is 12.0 Å². The standard InChI is InChI=1S/C12H16BrNO2/c1-16-11-3-2-10(13)6-9(11)7-12(15)4-5-14-8-12/h2-3,6,14-15H,4-5,7-8H2,1H3. The highest BCUT2D eigenvalue weighted by molar-refractivity contribution is 9.10. The molecule has 88 valence electrons. The molecule has 0 amide bonds. The first-order valence-corrected chi connectivity index (χ1v) is 6.18. The molecular formula is C12H16BrNO2. The van der Waals surface area contributed by atoms with Gasteiger partial charge in [0.05, 0.1) is 12.7 Å². The first-order chi connectivity index (χ1) is 7.63. The number of benzene rings is 1. The van der Waals surface area contributed by atoms with E-state index in [-0.39, 0.29) is 0 Å². The van der Waals surface area contributed by atoms with Crippen molar-refractivity contribution in [3.8, 4) is 5.75 Å². The van der Waals surface area contributed by atoms with Gasteiger partial charge in [0.15, 0.2) is 0 Å². The molecule has 0 aromatic heterocycles. The molecule has 0 bridgehead atoms. The number of nitrogens with one attached hydrogen (secondary N) is 1. The van der Waals surface area contributed by atoms with E-state index in [1.807, 2.05) is 18.2 Å². The minimum absolute atomic E-state index is 0.628. The summed E-state index contributed by atoms with van der Waals surface area (Å²) >= 11 is 3.44. The van der Waals surface area contributed by atoms with Crippen LogP contribution in [0.3, 0.4) is 0 Å². The van der Waals surface area contributed by atoms with Gasteiger partial charge in [-0.25, -0.2) is 0 Å². The molecule has 2 rings (SSSR count). The lowest BCUT2D eigenvalue weighted by atomic mass is 9.93. The van der Waals surface area contributed by atoms with E-state index >= 15 is 0 Å². The first kappa shape index (κ1) is 11.9. The first-order valence-electron chi connectivity index (χ1n) is 5.38. The summed E-state index contributed by atoms with van der Waals surface area (Å²) in [6, 6.07) is 5.87. The van der Waals surface area contributed by atoms with Gasteiger partial charge < -0.3 is 15.2 Å². The Hall–Kier alpha value is -0.580. The maximum atomic E-state index is 10.3. The smallest absolute Gasteiger partial charge is 0.122 e. The molecule has 1 aromatic carbocycles. The highest BCUT2D eigenvalue weighted by atomic mass is 79.9. The fourth-order valence-corrected chi connectivity index (χ4v) is 2.53. The number of β-amino-alcohol motifs (C(OH)–C–C–N with tert-alkyl or cyclic N) is 1. The molecule has 1 fully saturated rings. The summed E-state index contributed by atoms with van der Waals surface area (Å²) in [5.41, 5.74) is 0.414. The molecular weight excluding hydrogens is 270 g/mol. The number of aliphatic hydroxyl groups is 1. The minimum Gasteiger partial charge on any atom is -0.496 e. The summed E-state index contributed by atoms with van der Waals surface area (Å²) in [6.45, 7) is 1.54. The lowest BCUT2D eigenvalue weighted by molar-refractivity contribution is 0.0612. The quantitative estimate of drug-likeness (QED) is 0.889. The molecule has 16 heavy (non-hydrogen) atoms. The van der Waals surface area contributed by atoms with Crippen molar-refractivity contribution in [2.24, 2.45) is 0 Å². The second-order valence-corrected chi connectivity index (χ2v) is 5.20. The Kier molecular flexibility index (Phi) is 3.52. The zero-order valence-corrected chi connectivity index (χ0v) is 10.9. The van der Waals surface area contributed by atoms with E-state index in [4.69, 9.17) is 4.74 Å². The third kappa shape index (κ3) is 2.56. The average Bonchev–Trinajstić information content (AvgIpc) is 2.65. The van der Waals surface area contributed by atoms with Crippen molar-refractivity contribution in [2.45, 2.75) is 18.4 Å². The average molecular weight is 286 g/mol. The van der Waals surface area contributed by atoms with Crippen LogP contribution in [-0.2, 0) is 6.42 Å². The van der Waals surface area contributed by atoms with Crippen LogP contribution in [0.25, 0.3) is 0 Å². The van der Waals surface area contributed by atoms with Gasteiger partial charge in [0.1, 0.15) is 5.75 Å². The summed E-state index contributed by atoms with van der Waals surface area (Å²) in [6.07, 6.45) is 1.42. The van der Waals surface area contributed by atoms with Gasteiger partial charge in [-0.05, 0) is 36.7 Å². The molecule has 1 aliphatic rings. The van der Waals surface area contributed by atoms with Gasteiger partial charge in [0.25, 0.3) is 0 Å². The van der Waals surface area contributed by atoms with Gasteiger partial charge in [0, 0.05) is 17.4 Å². The van der Waals surface area contributed by atoms with Gasteiger partial charge in [-0.15, -0.1) is 0 Å². The summed E-state index contributed by atoms with van der Waals surface area (Å²) in [5.74, 6) is 0.837. The highest BCUT2D eigenvalue weighted by Crippen LogP contribution is 2.29. The number of ether oxygens (including phenoxy) is 1. The number of hydrogen-bond acceptors (Lipinski definition) is 3. The van der Waals surface area contributed by atoms with Gasteiger partial charge >= 0.3 is 0 Å². The van der Waals surface area contributed by atoms with Crippen LogP contribution in [-0.4, -0.2) is 30.9 Å². The molecule has 1 aliphatic heterocycles. The van der Waals surface area contributed by atoms with Crippen molar-refractivity contribution < 1.29 is 9.84 Å². The van der Waals surface area contributed by atoms with Crippen LogP contribution in [0, 0.1) is 0 Å². The van der Waals surface area contributed by atoms with Crippen LogP contribution in [0.15, 0.2) is 22.7 Å². The topological polar surface area (TPSA) is 41.5 Å². The molecule has 1 heterocycles. The van der Waals surface area contributed by atoms with Crippen molar-refractivity contribution in [1.82, 2.24) is 5.32 Å². The van der Waals surface area contributed by atoms with Crippen molar-refractivity contribution in [2.75, 3.05) is 20.2 Å². The zero-order chi connectivity index (χ0) is 11.6. The molecule has 0 aliphatic carbocycles. The summed E-state index contributed by atoms with van der Waals surface area (Å²) in [5, 5.41) is 13.5. The van der Waals surface area contributed by atoms with Crippen molar-refractivity contribution >= 4 is 15.9 Å². The second-order valence-electron chi connectivity index (χ2n) is 4.28. The van der Waals surface area contributed by atoms with Crippen LogP contribution in [0.5, 0.6) is 5.75 Å². The minimum atomic E-state index is -0.631. The van der Waals surface area contributed by atoms with Gasteiger partial charge in [-0.3, -0.25) is 0 Å². The molecule has 3 nitrogen and oxygen atoms in total. The van der Waals surface area contributed by atoms with E-state index in [0.29, 0.717) is 13.0 Å². The maximum Gasteiger partial charge on any atom is 0.122 e. The van der Waals surface area contributed by atoms with Gasteiger partial charge in [0.2, 0.25) is 0 Å². The molecule has 0 radical (unpaired) electrons. The van der Waals surface area contributed by atoms with E-state index in [9.17, 15) is 5.11 Å². The Morgan fingerprint density at radius 3 is 3.00 bits per heavy atom. The predicted octanol–water partition coefficient (Wildman–Crippen LogP) is 1.72. The van der Waals surface area contributed by atoms with Crippen molar-refractivity contribution in [3.63, 3.8) is 0 Å². The molecule has 1 aromatic rings. The SMILES string of the molecule is COc1ccc(Br)cc1CC1(O)CCNC1. The van der Waals surface area contributed by atoms with Crippen LogP contribution < -0.4 is 10.1 Å². The fourth-order valence-electron chi connectivity index (χ4n) is 2.12. The lowest BCUT2D eigenvalue weighted by Gasteiger charge is -2.22. The third-order valence-electron chi connectivity index (χ3n) is 2.98. The molecule has 4 heteroatoms. The third-order valence-corrected chi connectivity index (χ3v) is 3.48. The number of hydrogen-bond donors (Lipinski definition) is 2. The zero-order valence-electron chi connectivity index (χ0n) is 9.29. The number of halogens is 1. The largest absolute Gasteiger partial charge is 0.496 e. The Labute approximate surface area is 104 Å². The van der Waals surface area contributed by atoms with Crippen LogP contribution in [0.4, 0.5) is 0 Å². The van der Waals surface area contributed by atoms with E-state index in [2.05, 4.69) is 21.2 Å². The Morgan fingerprint density at radius 1 is 1.56 bits per heavy atom. The number of rotatable bonds is 3. The van der Waals surface area contributed by atoms with Crippen LogP contribution in [0.2, 0.25) is 0 Å². The fraction of sp³-hybridized carbons (Fsp3) is 0.500. The van der Waals surface area contributed by atoms with E-state index < -0.39 is 5.60 Å². The molecule has 0 saturated carbocycles. The highest BCUT2D eigenvalue weighted by Gasteiger charge is 2.32. The summed E-state index contributed by atoms with van der Waals surface area (Å²) < 4.78 is 6.32. The van der Waals surface area contributed by atoms with E-state index in [0.717, 1.165) is 28.8 Å². The normalized spacial score (nSPS) is 24.7. The Morgan fingerprint density at radius 2 is 2.38 bits per heavy atom. The summed E-state index contributed by atoms with van der Waals surface area (Å²) in [4.78, 5) is 0. The summed E-state index contributed by atoms with van der Waals surface area (Å²) in [7, 11) is 1.66. The van der Waals surface area contributed by atoms with Gasteiger partial charge in [-0.2, -0.15) is 0 Å². The van der Waals surface area contributed by atoms with Gasteiger partial charge in [-0.1, -0.05) is 15.9 Å². The van der Waals surface area contributed by atoms with Crippen molar-refractivity contribution in [1.29, 1.82) is 0 Å². The molecule has 2 N–H and O–H groups in total. The predicted molar refractivity (Wildman–Crippen MR) is 66.8 cm³/mol. The number of methoxy groups -OCH3 is 1. The van der Waals surface area contributed by atoms with E-state index in [1.165, 1.54) is 0 Å². The Balaban J connectivity index is 2.22.